The second-order valence-corrected chi connectivity index (χ2v) is 5.79. The lowest BCUT2D eigenvalue weighted by molar-refractivity contribution is -0.110. The zero-order valence-electron chi connectivity index (χ0n) is 12.9. The number of H-pyrrole nitrogens is 1. The van der Waals surface area contributed by atoms with E-state index in [-0.39, 0.29) is 11.5 Å². The van der Waals surface area contributed by atoms with Crippen molar-refractivity contribution in [1.29, 1.82) is 0 Å². The molecule has 0 spiro atoms. The summed E-state index contributed by atoms with van der Waals surface area (Å²) in [6.07, 6.45) is 1.78. The van der Waals surface area contributed by atoms with Crippen molar-refractivity contribution in [3.63, 3.8) is 0 Å². The minimum Gasteiger partial charge on any atom is -0.478 e. The summed E-state index contributed by atoms with van der Waals surface area (Å²) in [5.74, 6) is -1.25. The van der Waals surface area contributed by atoms with E-state index in [2.05, 4.69) is 10.3 Å². The number of carbonyl (C=O) groups excluding carboxylic acids is 1. The number of hydrogen-bond donors (Lipinski definition) is 3. The first-order chi connectivity index (χ1) is 11.5. The van der Waals surface area contributed by atoms with Gasteiger partial charge in [-0.1, -0.05) is 18.2 Å². The summed E-state index contributed by atoms with van der Waals surface area (Å²) in [4.78, 5) is 26.8. The minimum absolute atomic E-state index is 0.157. The maximum Gasteiger partial charge on any atom is 0.335 e. The molecule has 3 N–H and O–H groups in total. The SMILES string of the molecule is Cc1c(C=C2C(=O)Nc3ccc(C(=O)O)cc32)[nH]c2ccccc12. The number of rotatable bonds is 2. The normalized spacial score (nSPS) is 14.9. The maximum absolute atomic E-state index is 12.3. The molecule has 0 fully saturated rings. The smallest absolute Gasteiger partial charge is 0.335 e. The fourth-order valence-electron chi connectivity index (χ4n) is 3.06. The first kappa shape index (κ1) is 14.3. The van der Waals surface area contributed by atoms with E-state index in [1.165, 1.54) is 12.1 Å². The molecule has 118 valence electrons. The van der Waals surface area contributed by atoms with E-state index in [9.17, 15) is 9.59 Å². The molecule has 1 amide bonds. The maximum atomic E-state index is 12.3. The minimum atomic E-state index is -1.02. The molecule has 2 heterocycles. The van der Waals surface area contributed by atoms with Gasteiger partial charge in [0.05, 0.1) is 11.1 Å². The Morgan fingerprint density at radius 1 is 1.17 bits per heavy atom. The van der Waals surface area contributed by atoms with Crippen molar-refractivity contribution in [3.8, 4) is 0 Å². The Labute approximate surface area is 137 Å². The van der Waals surface area contributed by atoms with Gasteiger partial charge in [0.2, 0.25) is 0 Å². The van der Waals surface area contributed by atoms with Crippen LogP contribution in [-0.4, -0.2) is 22.0 Å². The van der Waals surface area contributed by atoms with Crippen LogP contribution in [0, 0.1) is 6.92 Å². The van der Waals surface area contributed by atoms with E-state index >= 15 is 0 Å². The van der Waals surface area contributed by atoms with Gasteiger partial charge in [-0.2, -0.15) is 0 Å². The van der Waals surface area contributed by atoms with Crippen molar-refractivity contribution in [2.75, 3.05) is 5.32 Å². The van der Waals surface area contributed by atoms with E-state index in [1.807, 2.05) is 31.2 Å². The van der Waals surface area contributed by atoms with Crippen LogP contribution in [0.3, 0.4) is 0 Å². The number of amides is 1. The zero-order valence-corrected chi connectivity index (χ0v) is 12.9. The Morgan fingerprint density at radius 2 is 1.96 bits per heavy atom. The molecule has 3 aromatic rings. The molecule has 4 rings (SSSR count). The molecule has 0 saturated carbocycles. The number of nitrogens with one attached hydrogen (secondary N) is 2. The van der Waals surface area contributed by atoms with Crippen molar-refractivity contribution in [2.24, 2.45) is 0 Å². The number of benzene rings is 2. The number of aromatic nitrogens is 1. The van der Waals surface area contributed by atoms with Gasteiger partial charge in [-0.05, 0) is 42.8 Å². The Balaban J connectivity index is 1.89. The van der Waals surface area contributed by atoms with Gasteiger partial charge in [0.25, 0.3) is 5.91 Å². The van der Waals surface area contributed by atoms with Crippen LogP contribution >= 0.6 is 0 Å². The standard InChI is InChI=1S/C19H14N2O3/c1-10-12-4-2-3-5-15(12)20-17(10)9-14-13-8-11(19(23)24)6-7-16(13)21-18(14)22/h2-9,20H,1H3,(H,21,22)(H,23,24). The number of fused-ring (bicyclic) bond motifs is 2. The summed E-state index contributed by atoms with van der Waals surface area (Å²) in [6, 6.07) is 12.6. The molecule has 24 heavy (non-hydrogen) atoms. The molecule has 0 radical (unpaired) electrons. The number of carbonyl (C=O) groups is 2. The third-order valence-corrected chi connectivity index (χ3v) is 4.34. The number of aromatic amines is 1. The summed E-state index contributed by atoms with van der Waals surface area (Å²) in [7, 11) is 0. The third-order valence-electron chi connectivity index (χ3n) is 4.34. The van der Waals surface area contributed by atoms with Gasteiger partial charge >= 0.3 is 5.97 Å². The summed E-state index contributed by atoms with van der Waals surface area (Å²) in [6.45, 7) is 1.99. The largest absolute Gasteiger partial charge is 0.478 e. The molecular weight excluding hydrogens is 304 g/mol. The second kappa shape index (κ2) is 5.09. The fourth-order valence-corrected chi connectivity index (χ4v) is 3.06. The van der Waals surface area contributed by atoms with Gasteiger partial charge in [0.15, 0.2) is 0 Å². The van der Waals surface area contributed by atoms with Crippen molar-refractivity contribution >= 4 is 40.1 Å². The molecule has 0 unspecified atom stereocenters. The number of carboxylic acids is 1. The predicted molar refractivity (Wildman–Crippen MR) is 92.9 cm³/mol. The van der Waals surface area contributed by atoms with Crippen LogP contribution in [0.25, 0.3) is 22.6 Å². The van der Waals surface area contributed by atoms with Gasteiger partial charge in [-0.25, -0.2) is 4.79 Å². The topological polar surface area (TPSA) is 82.2 Å². The van der Waals surface area contributed by atoms with Gasteiger partial charge < -0.3 is 15.4 Å². The lowest BCUT2D eigenvalue weighted by Crippen LogP contribution is -2.03. The van der Waals surface area contributed by atoms with Crippen LogP contribution in [0.2, 0.25) is 0 Å². The van der Waals surface area contributed by atoms with Gasteiger partial charge in [0, 0.05) is 27.8 Å². The van der Waals surface area contributed by atoms with Crippen LogP contribution in [0.5, 0.6) is 0 Å². The van der Waals surface area contributed by atoms with Crippen molar-refractivity contribution in [2.45, 2.75) is 6.92 Å². The van der Waals surface area contributed by atoms with E-state index in [0.29, 0.717) is 16.8 Å². The molecule has 5 heteroatoms. The Kier molecular flexibility index (Phi) is 3.03. The highest BCUT2D eigenvalue weighted by Crippen LogP contribution is 2.35. The van der Waals surface area contributed by atoms with Crippen LogP contribution < -0.4 is 5.32 Å². The Bertz CT molecular complexity index is 1040. The first-order valence-electron chi connectivity index (χ1n) is 7.52. The number of anilines is 1. The number of para-hydroxylation sites is 1. The highest BCUT2D eigenvalue weighted by Gasteiger charge is 2.25. The molecule has 0 atom stereocenters. The molecule has 0 saturated heterocycles. The van der Waals surface area contributed by atoms with Crippen molar-refractivity contribution in [3.05, 3.63) is 64.8 Å². The number of hydrogen-bond acceptors (Lipinski definition) is 2. The highest BCUT2D eigenvalue weighted by atomic mass is 16.4. The van der Waals surface area contributed by atoms with E-state index in [4.69, 9.17) is 5.11 Å². The Morgan fingerprint density at radius 3 is 2.71 bits per heavy atom. The van der Waals surface area contributed by atoms with Gasteiger partial charge in [-0.15, -0.1) is 0 Å². The first-order valence-corrected chi connectivity index (χ1v) is 7.52. The molecule has 0 bridgehead atoms. The molecule has 2 aromatic carbocycles. The lowest BCUT2D eigenvalue weighted by Gasteiger charge is -2.01. The van der Waals surface area contributed by atoms with Crippen LogP contribution in [-0.2, 0) is 4.79 Å². The summed E-state index contributed by atoms with van der Waals surface area (Å²) >= 11 is 0. The second-order valence-electron chi connectivity index (χ2n) is 5.79. The monoisotopic (exact) mass is 318 g/mol. The van der Waals surface area contributed by atoms with Crippen LogP contribution in [0.15, 0.2) is 42.5 Å². The van der Waals surface area contributed by atoms with E-state index in [1.54, 1.807) is 12.1 Å². The van der Waals surface area contributed by atoms with Crippen LogP contribution in [0.4, 0.5) is 5.69 Å². The van der Waals surface area contributed by atoms with Crippen molar-refractivity contribution in [1.82, 2.24) is 4.98 Å². The molecule has 1 aliphatic heterocycles. The predicted octanol–water partition coefficient (Wildman–Crippen LogP) is 3.67. The van der Waals surface area contributed by atoms with E-state index in [0.717, 1.165) is 22.2 Å². The van der Waals surface area contributed by atoms with Gasteiger partial charge in [0.1, 0.15) is 0 Å². The Hall–Kier alpha value is -3.34. The van der Waals surface area contributed by atoms with Crippen molar-refractivity contribution < 1.29 is 14.7 Å². The molecule has 5 nitrogen and oxygen atoms in total. The van der Waals surface area contributed by atoms with E-state index < -0.39 is 5.97 Å². The average molecular weight is 318 g/mol. The third kappa shape index (κ3) is 2.10. The zero-order chi connectivity index (χ0) is 16.8. The summed E-state index contributed by atoms with van der Waals surface area (Å²) in [5, 5.41) is 13.0. The number of aromatic carboxylic acids is 1. The highest BCUT2D eigenvalue weighted by molar-refractivity contribution is 6.35. The average Bonchev–Trinajstić information content (AvgIpc) is 3.05. The van der Waals surface area contributed by atoms with Crippen LogP contribution in [0.1, 0.15) is 27.2 Å². The molecule has 1 aliphatic rings. The summed E-state index contributed by atoms with van der Waals surface area (Å²) < 4.78 is 0. The van der Waals surface area contributed by atoms with Gasteiger partial charge in [-0.3, -0.25) is 4.79 Å². The fraction of sp³-hybridized carbons (Fsp3) is 0.0526. The molecule has 0 aliphatic carbocycles. The lowest BCUT2D eigenvalue weighted by atomic mass is 10.0. The molecular formula is C19H14N2O3. The number of aryl methyl sites for hydroxylation is 1. The molecule has 1 aromatic heterocycles. The quantitative estimate of drug-likeness (QED) is 0.631. The summed E-state index contributed by atoms with van der Waals surface area (Å²) in [5.41, 5.74) is 4.75. The number of carboxylic acid groups (broad SMARTS) is 1.